The van der Waals surface area contributed by atoms with Crippen molar-refractivity contribution in [1.29, 1.82) is 0 Å². The van der Waals surface area contributed by atoms with Gasteiger partial charge in [-0.25, -0.2) is 0 Å². The van der Waals surface area contributed by atoms with Gasteiger partial charge >= 0.3 is 7.60 Å². The van der Waals surface area contributed by atoms with E-state index in [9.17, 15) is 14.2 Å². The fourth-order valence-electron chi connectivity index (χ4n) is 3.84. The molecule has 0 aliphatic heterocycles. The number of allylic oxidation sites excluding steroid dienone is 1. The average molecular weight is 430 g/mol. The molecule has 0 saturated heterocycles. The van der Waals surface area contributed by atoms with Gasteiger partial charge < -0.3 is 19.3 Å². The molecule has 0 unspecified atom stereocenters. The highest BCUT2D eigenvalue weighted by Crippen LogP contribution is 2.38. The summed E-state index contributed by atoms with van der Waals surface area (Å²) in [6.07, 6.45) is 1.40. The summed E-state index contributed by atoms with van der Waals surface area (Å²) in [4.78, 5) is 43.3. The summed E-state index contributed by atoms with van der Waals surface area (Å²) in [6.45, 7) is 3.42. The predicted molar refractivity (Wildman–Crippen MR) is 113 cm³/mol. The summed E-state index contributed by atoms with van der Waals surface area (Å²) in [5.74, 6) is 0.361. The number of benzene rings is 2. The Morgan fingerprint density at radius 1 is 1.07 bits per heavy atom. The molecular weight excluding hydrogens is 407 g/mol. The van der Waals surface area contributed by atoms with Crippen molar-refractivity contribution < 1.29 is 33.4 Å². The second kappa shape index (κ2) is 8.19. The first-order valence-electron chi connectivity index (χ1n) is 9.23. The minimum absolute atomic E-state index is 0.0945. The Kier molecular flexibility index (Phi) is 5.99. The number of hydrogen-bond donors (Lipinski definition) is 2. The first-order valence-corrected chi connectivity index (χ1v) is 11.0. The van der Waals surface area contributed by atoms with Gasteiger partial charge in [0.1, 0.15) is 6.16 Å². The van der Waals surface area contributed by atoms with Gasteiger partial charge in [0.25, 0.3) is 0 Å². The van der Waals surface area contributed by atoms with Crippen molar-refractivity contribution in [3.8, 4) is 11.5 Å². The number of aryl methyl sites for hydroxylation is 2. The molecule has 0 spiro atoms. The molecule has 1 aliphatic carbocycles. The van der Waals surface area contributed by atoms with E-state index in [4.69, 9.17) is 19.3 Å². The van der Waals surface area contributed by atoms with Crippen molar-refractivity contribution in [1.82, 2.24) is 0 Å². The van der Waals surface area contributed by atoms with Crippen LogP contribution in [0.15, 0.2) is 29.8 Å². The lowest BCUT2D eigenvalue weighted by Crippen LogP contribution is -2.10. The third kappa shape index (κ3) is 4.38. The van der Waals surface area contributed by atoms with E-state index in [0.717, 1.165) is 11.1 Å². The molecule has 0 amide bonds. The summed E-state index contributed by atoms with van der Waals surface area (Å²) < 4.78 is 21.8. The highest BCUT2D eigenvalue weighted by Gasteiger charge is 2.28. The maximum atomic E-state index is 12.9. The van der Waals surface area contributed by atoms with Crippen LogP contribution in [0, 0.1) is 13.8 Å². The van der Waals surface area contributed by atoms with Gasteiger partial charge in [-0.2, -0.15) is 0 Å². The van der Waals surface area contributed by atoms with Crippen molar-refractivity contribution in [2.75, 3.05) is 20.4 Å². The fourth-order valence-corrected chi connectivity index (χ4v) is 4.37. The highest BCUT2D eigenvalue weighted by atomic mass is 31.2. The Bertz CT molecular complexity index is 1100. The lowest BCUT2D eigenvalue weighted by molar-refractivity contribution is 0.101. The number of Topliss-reactive ketones (excluding diaryl/α,β-unsaturated/α-hetero) is 2. The summed E-state index contributed by atoms with van der Waals surface area (Å²) in [5.41, 5.74) is 4.28. The number of carbonyl (C=O) groups is 2. The number of ketones is 2. The van der Waals surface area contributed by atoms with Gasteiger partial charge in [0, 0.05) is 23.1 Å². The number of methoxy groups -OCH3 is 2. The minimum atomic E-state index is -4.44. The van der Waals surface area contributed by atoms with E-state index in [2.05, 4.69) is 0 Å². The summed E-state index contributed by atoms with van der Waals surface area (Å²) in [6, 6.07) is 6.96. The number of hydrogen-bond acceptors (Lipinski definition) is 5. The third-order valence-corrected chi connectivity index (χ3v) is 5.75. The van der Waals surface area contributed by atoms with Crippen LogP contribution in [0.2, 0.25) is 0 Å². The lowest BCUT2D eigenvalue weighted by Gasteiger charge is -2.11. The van der Waals surface area contributed by atoms with E-state index in [0.29, 0.717) is 45.7 Å². The van der Waals surface area contributed by atoms with Crippen LogP contribution in [0.4, 0.5) is 0 Å². The number of ether oxygens (including phenoxy) is 2. The van der Waals surface area contributed by atoms with Crippen molar-refractivity contribution in [3.05, 3.63) is 63.2 Å². The van der Waals surface area contributed by atoms with E-state index < -0.39 is 19.5 Å². The molecule has 2 N–H and O–H groups in total. The molecule has 2 aromatic rings. The molecule has 0 bridgehead atoms. The first kappa shape index (κ1) is 22.0. The molecule has 1 aliphatic rings. The zero-order valence-electron chi connectivity index (χ0n) is 17.2. The maximum absolute atomic E-state index is 12.9. The van der Waals surface area contributed by atoms with Gasteiger partial charge in [-0.15, -0.1) is 0 Å². The molecule has 30 heavy (non-hydrogen) atoms. The van der Waals surface area contributed by atoms with Crippen molar-refractivity contribution in [2.24, 2.45) is 0 Å². The maximum Gasteiger partial charge on any atom is 0.333 e. The Hall–Kier alpha value is -2.73. The van der Waals surface area contributed by atoms with E-state index in [-0.39, 0.29) is 5.78 Å². The van der Waals surface area contributed by atoms with Crippen molar-refractivity contribution in [3.63, 3.8) is 0 Å². The van der Waals surface area contributed by atoms with Gasteiger partial charge in [-0.1, -0.05) is 12.1 Å². The number of rotatable bonds is 6. The second-order valence-electron chi connectivity index (χ2n) is 7.32. The monoisotopic (exact) mass is 430 g/mol. The topological polar surface area (TPSA) is 110 Å². The van der Waals surface area contributed by atoms with Crippen LogP contribution in [0.1, 0.15) is 43.0 Å². The Morgan fingerprint density at radius 2 is 1.63 bits per heavy atom. The molecule has 0 heterocycles. The van der Waals surface area contributed by atoms with Crippen LogP contribution in [0.25, 0.3) is 6.08 Å². The van der Waals surface area contributed by atoms with Crippen LogP contribution in [0.5, 0.6) is 11.5 Å². The van der Waals surface area contributed by atoms with Gasteiger partial charge in [0.2, 0.25) is 0 Å². The zero-order valence-corrected chi connectivity index (χ0v) is 18.1. The largest absolute Gasteiger partial charge is 0.493 e. The minimum Gasteiger partial charge on any atom is -0.493 e. The summed E-state index contributed by atoms with van der Waals surface area (Å²) in [7, 11) is -1.39. The third-order valence-electron chi connectivity index (χ3n) is 5.05. The molecule has 0 fully saturated rings. The van der Waals surface area contributed by atoms with E-state index >= 15 is 0 Å². The summed E-state index contributed by atoms with van der Waals surface area (Å²) in [5, 5.41) is 0. The van der Waals surface area contributed by atoms with Crippen LogP contribution >= 0.6 is 7.60 Å². The van der Waals surface area contributed by atoms with E-state index in [1.54, 1.807) is 51.3 Å². The quantitative estimate of drug-likeness (QED) is 0.410. The second-order valence-corrected chi connectivity index (χ2v) is 8.96. The molecule has 3 rings (SSSR count). The standard InChI is InChI=1S/C22H23O7P/c1-12-5-14(6-13(2)21(12)18(23)11-30(25,26)27)7-16-8-15-9-19(28-3)20(29-4)10-17(15)22(16)24/h5-7,9-10H,8,11H2,1-4H3,(H2,25,26,27). The fraction of sp³-hybridized carbons (Fsp3) is 0.273. The van der Waals surface area contributed by atoms with Crippen molar-refractivity contribution >= 4 is 25.2 Å². The number of carbonyl (C=O) groups excluding carboxylic acids is 2. The first-order chi connectivity index (χ1) is 14.0. The molecule has 0 atom stereocenters. The number of fused-ring (bicyclic) bond motifs is 1. The predicted octanol–water partition coefficient (Wildman–Crippen LogP) is 3.50. The molecule has 8 heteroatoms. The van der Waals surface area contributed by atoms with Crippen LogP contribution < -0.4 is 9.47 Å². The van der Waals surface area contributed by atoms with Gasteiger partial charge in [-0.3, -0.25) is 14.2 Å². The molecule has 0 radical (unpaired) electrons. The molecule has 0 aromatic heterocycles. The van der Waals surface area contributed by atoms with E-state index in [1.807, 2.05) is 0 Å². The zero-order chi connectivity index (χ0) is 22.2. The van der Waals surface area contributed by atoms with E-state index in [1.165, 1.54) is 7.11 Å². The normalized spacial score (nSPS) is 14.7. The highest BCUT2D eigenvalue weighted by molar-refractivity contribution is 7.52. The Balaban J connectivity index is 1.95. The molecular formula is C22H23O7P. The molecule has 158 valence electrons. The lowest BCUT2D eigenvalue weighted by atomic mass is 9.95. The Morgan fingerprint density at radius 3 is 2.17 bits per heavy atom. The molecule has 2 aromatic carbocycles. The van der Waals surface area contributed by atoms with Gasteiger partial charge in [0.15, 0.2) is 23.1 Å². The average Bonchev–Trinajstić information content (AvgIpc) is 2.93. The smallest absolute Gasteiger partial charge is 0.333 e. The van der Waals surface area contributed by atoms with Gasteiger partial charge in [-0.05, 0) is 54.3 Å². The Labute approximate surface area is 174 Å². The van der Waals surface area contributed by atoms with Crippen LogP contribution in [-0.4, -0.2) is 41.7 Å². The molecule has 0 saturated carbocycles. The van der Waals surface area contributed by atoms with Gasteiger partial charge in [0.05, 0.1) is 14.2 Å². The van der Waals surface area contributed by atoms with Crippen molar-refractivity contribution in [2.45, 2.75) is 20.3 Å². The van der Waals surface area contributed by atoms with Crippen LogP contribution in [-0.2, 0) is 11.0 Å². The SMILES string of the molecule is COc1cc2c(cc1OC)C(=O)C(=Cc1cc(C)c(C(=O)CP(=O)(O)O)c(C)c1)C2. The van der Waals surface area contributed by atoms with Crippen LogP contribution in [0.3, 0.4) is 0 Å². The molecule has 7 nitrogen and oxygen atoms in total. The summed E-state index contributed by atoms with van der Waals surface area (Å²) >= 11 is 0.